The number of H-pyrrole nitrogens is 1. The topological polar surface area (TPSA) is 104 Å². The van der Waals surface area contributed by atoms with E-state index in [4.69, 9.17) is 5.26 Å². The molecule has 5 rings (SSSR count). The van der Waals surface area contributed by atoms with Gasteiger partial charge in [-0.25, -0.2) is 14.8 Å². The van der Waals surface area contributed by atoms with Crippen molar-refractivity contribution in [2.75, 3.05) is 55.4 Å². The number of aromatic amines is 1. The lowest BCUT2D eigenvalue weighted by Gasteiger charge is -2.35. The van der Waals surface area contributed by atoms with E-state index in [-0.39, 0.29) is 6.03 Å². The largest absolute Gasteiger partial charge is 0.378 e. The average molecular weight is 467 g/mol. The lowest BCUT2D eigenvalue weighted by atomic mass is 10.1. The summed E-state index contributed by atoms with van der Waals surface area (Å²) in [6.45, 7) is 2.55. The van der Waals surface area contributed by atoms with Crippen molar-refractivity contribution in [2.45, 2.75) is 0 Å². The molecule has 0 unspecified atom stereocenters. The fraction of sp³-hybridized carbons (Fsp3) is 0.231. The molecular weight excluding hydrogens is 440 g/mol. The van der Waals surface area contributed by atoms with E-state index in [1.165, 1.54) is 0 Å². The quantitative estimate of drug-likeness (QED) is 0.473. The van der Waals surface area contributed by atoms with Crippen LogP contribution in [0.4, 0.5) is 22.0 Å². The Morgan fingerprint density at radius 3 is 2.40 bits per heavy atom. The van der Waals surface area contributed by atoms with Gasteiger partial charge in [-0.1, -0.05) is 12.1 Å². The van der Waals surface area contributed by atoms with Crippen molar-refractivity contribution in [3.8, 4) is 17.3 Å². The molecule has 35 heavy (non-hydrogen) atoms. The molecule has 1 aliphatic heterocycles. The van der Waals surface area contributed by atoms with Crippen LogP contribution in [-0.4, -0.2) is 66.2 Å². The highest BCUT2D eigenvalue weighted by Gasteiger charge is 2.24. The van der Waals surface area contributed by atoms with Gasteiger partial charge < -0.3 is 25.0 Å². The number of benzene rings is 2. The Labute approximate surface area is 203 Å². The van der Waals surface area contributed by atoms with Gasteiger partial charge in [0.15, 0.2) is 0 Å². The second-order valence-corrected chi connectivity index (χ2v) is 8.68. The number of urea groups is 1. The number of nitriles is 1. The van der Waals surface area contributed by atoms with Crippen LogP contribution < -0.4 is 15.1 Å². The number of hydrogen-bond donors (Lipinski definition) is 2. The van der Waals surface area contributed by atoms with E-state index in [2.05, 4.69) is 31.2 Å². The predicted molar refractivity (Wildman–Crippen MR) is 138 cm³/mol. The zero-order chi connectivity index (χ0) is 24.4. The summed E-state index contributed by atoms with van der Waals surface area (Å²) in [5.41, 5.74) is 5.15. The first-order valence-corrected chi connectivity index (χ1v) is 11.4. The molecule has 0 radical (unpaired) electrons. The molecule has 2 N–H and O–H groups in total. The Bertz CT molecular complexity index is 1380. The second kappa shape index (κ2) is 9.35. The number of amides is 2. The number of carbonyl (C=O) groups is 1. The summed E-state index contributed by atoms with van der Waals surface area (Å²) < 4.78 is 0. The van der Waals surface area contributed by atoms with Crippen LogP contribution >= 0.6 is 0 Å². The second-order valence-electron chi connectivity index (χ2n) is 8.68. The number of nitrogens with zero attached hydrogens (tertiary/aromatic N) is 6. The number of aromatic nitrogens is 3. The minimum atomic E-state index is -0.0974. The molecule has 2 amide bonds. The lowest BCUT2D eigenvalue weighted by molar-refractivity contribution is 0.208. The third-order valence-corrected chi connectivity index (χ3v) is 6.23. The van der Waals surface area contributed by atoms with Gasteiger partial charge in [0.25, 0.3) is 0 Å². The van der Waals surface area contributed by atoms with Gasteiger partial charge in [0, 0.05) is 57.3 Å². The van der Waals surface area contributed by atoms with E-state index in [0.29, 0.717) is 31.7 Å². The molecule has 0 aliphatic carbocycles. The normalized spacial score (nSPS) is 13.5. The Balaban J connectivity index is 1.26. The SMILES string of the molecule is CN(C)c1ccc(NC(=O)N2CCN(c3ncnc4[nH]c(-c5ccc(C#N)cc5)cc34)CC2)cc1. The maximum atomic E-state index is 12.8. The first kappa shape index (κ1) is 22.2. The number of fused-ring (bicyclic) bond motifs is 1. The van der Waals surface area contributed by atoms with Gasteiger partial charge in [-0.2, -0.15) is 5.26 Å². The van der Waals surface area contributed by atoms with Crippen LogP contribution in [0.2, 0.25) is 0 Å². The number of nitrogens with one attached hydrogen (secondary N) is 2. The van der Waals surface area contributed by atoms with Crippen LogP contribution in [0, 0.1) is 11.3 Å². The van der Waals surface area contributed by atoms with Crippen LogP contribution in [0.15, 0.2) is 60.9 Å². The highest BCUT2D eigenvalue weighted by molar-refractivity contribution is 5.92. The highest BCUT2D eigenvalue weighted by Crippen LogP contribution is 2.29. The van der Waals surface area contributed by atoms with Gasteiger partial charge in [0.1, 0.15) is 17.8 Å². The maximum absolute atomic E-state index is 12.8. The summed E-state index contributed by atoms with van der Waals surface area (Å²) >= 11 is 0. The molecule has 2 aromatic carbocycles. The van der Waals surface area contributed by atoms with Gasteiger partial charge in [-0.3, -0.25) is 0 Å². The molecule has 0 spiro atoms. The van der Waals surface area contributed by atoms with Crippen molar-refractivity contribution in [1.29, 1.82) is 5.26 Å². The number of hydrogen-bond acceptors (Lipinski definition) is 6. The number of rotatable bonds is 4. The summed E-state index contributed by atoms with van der Waals surface area (Å²) in [7, 11) is 3.97. The van der Waals surface area contributed by atoms with Crippen LogP contribution in [0.25, 0.3) is 22.3 Å². The number of piperazine rings is 1. The minimum absolute atomic E-state index is 0.0974. The molecule has 3 heterocycles. The molecule has 1 saturated heterocycles. The summed E-state index contributed by atoms with van der Waals surface area (Å²) in [6, 6.07) is 19.3. The van der Waals surface area contributed by atoms with Gasteiger partial charge in [-0.05, 0) is 48.0 Å². The molecule has 4 aromatic rings. The predicted octanol–water partition coefficient (Wildman–Crippen LogP) is 3.92. The minimum Gasteiger partial charge on any atom is -0.378 e. The van der Waals surface area contributed by atoms with E-state index in [0.717, 1.165) is 39.5 Å². The number of anilines is 3. The van der Waals surface area contributed by atoms with E-state index >= 15 is 0 Å². The first-order chi connectivity index (χ1) is 17.0. The summed E-state index contributed by atoms with van der Waals surface area (Å²) in [5.74, 6) is 0.852. The molecule has 0 atom stereocenters. The average Bonchev–Trinajstić information content (AvgIpc) is 3.34. The standard InChI is InChI=1S/C26H26N8O/c1-32(2)21-9-7-20(8-10-21)30-26(35)34-13-11-33(12-14-34)25-22-15-23(31-24(22)28-17-29-25)19-5-3-18(16-27)4-6-19/h3-10,15,17H,11-14H2,1-2H3,(H,30,35)(H,28,29,31). The van der Waals surface area contributed by atoms with Crippen LogP contribution in [0.1, 0.15) is 5.56 Å². The van der Waals surface area contributed by atoms with Gasteiger partial charge in [0.2, 0.25) is 0 Å². The van der Waals surface area contributed by atoms with Gasteiger partial charge in [-0.15, -0.1) is 0 Å². The molecule has 1 aliphatic rings. The summed E-state index contributed by atoms with van der Waals surface area (Å²) in [4.78, 5) is 31.1. The molecular formula is C26H26N8O. The van der Waals surface area contributed by atoms with Crippen molar-refractivity contribution >= 4 is 34.3 Å². The summed E-state index contributed by atoms with van der Waals surface area (Å²) in [6.07, 6.45) is 1.56. The molecule has 9 nitrogen and oxygen atoms in total. The van der Waals surface area contributed by atoms with E-state index < -0.39 is 0 Å². The third kappa shape index (κ3) is 4.59. The Morgan fingerprint density at radius 1 is 1.03 bits per heavy atom. The van der Waals surface area contributed by atoms with E-state index in [1.54, 1.807) is 18.5 Å². The highest BCUT2D eigenvalue weighted by atomic mass is 16.2. The molecule has 0 bridgehead atoms. The van der Waals surface area contributed by atoms with Crippen molar-refractivity contribution < 1.29 is 4.79 Å². The van der Waals surface area contributed by atoms with Crippen LogP contribution in [-0.2, 0) is 0 Å². The smallest absolute Gasteiger partial charge is 0.321 e. The molecule has 9 heteroatoms. The molecule has 0 saturated carbocycles. The molecule has 176 valence electrons. The van der Waals surface area contributed by atoms with Crippen LogP contribution in [0.3, 0.4) is 0 Å². The van der Waals surface area contributed by atoms with Crippen molar-refractivity contribution in [3.63, 3.8) is 0 Å². The Hall–Kier alpha value is -4.58. The van der Waals surface area contributed by atoms with Gasteiger partial charge >= 0.3 is 6.03 Å². The molecule has 2 aromatic heterocycles. The Morgan fingerprint density at radius 2 is 1.74 bits per heavy atom. The van der Waals surface area contributed by atoms with E-state index in [9.17, 15) is 4.79 Å². The Kier molecular flexibility index (Phi) is 5.94. The van der Waals surface area contributed by atoms with Crippen LogP contribution in [0.5, 0.6) is 0 Å². The van der Waals surface area contributed by atoms with E-state index in [1.807, 2.05) is 66.4 Å². The maximum Gasteiger partial charge on any atom is 0.321 e. The zero-order valence-electron chi connectivity index (χ0n) is 19.7. The fourth-order valence-electron chi connectivity index (χ4n) is 4.23. The van der Waals surface area contributed by atoms with Crippen molar-refractivity contribution in [3.05, 3.63) is 66.5 Å². The third-order valence-electron chi connectivity index (χ3n) is 6.23. The monoisotopic (exact) mass is 466 g/mol. The number of carbonyl (C=O) groups excluding carboxylic acids is 1. The zero-order valence-corrected chi connectivity index (χ0v) is 19.7. The molecule has 1 fully saturated rings. The van der Waals surface area contributed by atoms with Gasteiger partial charge in [0.05, 0.1) is 17.0 Å². The van der Waals surface area contributed by atoms with Crippen molar-refractivity contribution in [2.24, 2.45) is 0 Å². The fourth-order valence-corrected chi connectivity index (χ4v) is 4.23. The first-order valence-electron chi connectivity index (χ1n) is 11.4. The van der Waals surface area contributed by atoms with Crippen molar-refractivity contribution in [1.82, 2.24) is 19.9 Å². The summed E-state index contributed by atoms with van der Waals surface area (Å²) in [5, 5.41) is 13.0. The lowest BCUT2D eigenvalue weighted by Crippen LogP contribution is -2.50.